The predicted molar refractivity (Wildman–Crippen MR) is 61.0 cm³/mol. The summed E-state index contributed by atoms with van der Waals surface area (Å²) in [5.74, 6) is -2.00. The molecular weight excluding hydrogens is 231 g/mol. The number of carboxylic acid groups (broad SMARTS) is 1. The van der Waals surface area contributed by atoms with Crippen molar-refractivity contribution in [3.05, 3.63) is 46.8 Å². The minimum Gasteiger partial charge on any atom is -0.481 e. The van der Waals surface area contributed by atoms with Crippen LogP contribution in [0.1, 0.15) is 24.8 Å². The van der Waals surface area contributed by atoms with Gasteiger partial charge < -0.3 is 5.11 Å². The molecular formula is C12H12ClFO2. The molecule has 1 N–H and O–H groups in total. The van der Waals surface area contributed by atoms with Crippen LogP contribution in [0.3, 0.4) is 0 Å². The summed E-state index contributed by atoms with van der Waals surface area (Å²) < 4.78 is 12.7. The van der Waals surface area contributed by atoms with E-state index >= 15 is 0 Å². The van der Waals surface area contributed by atoms with E-state index in [9.17, 15) is 9.18 Å². The fourth-order valence-corrected chi connectivity index (χ4v) is 1.50. The monoisotopic (exact) mass is 242 g/mol. The highest BCUT2D eigenvalue weighted by Gasteiger charge is 2.19. The van der Waals surface area contributed by atoms with Crippen molar-refractivity contribution < 1.29 is 14.3 Å². The summed E-state index contributed by atoms with van der Waals surface area (Å²) in [4.78, 5) is 11.1. The van der Waals surface area contributed by atoms with E-state index in [0.717, 1.165) is 5.57 Å². The van der Waals surface area contributed by atoms with Crippen molar-refractivity contribution in [3.63, 3.8) is 0 Å². The van der Waals surface area contributed by atoms with E-state index < -0.39 is 11.9 Å². The zero-order valence-electron chi connectivity index (χ0n) is 8.78. The van der Waals surface area contributed by atoms with Crippen LogP contribution in [0.5, 0.6) is 0 Å². The number of carboxylic acids is 1. The van der Waals surface area contributed by atoms with Gasteiger partial charge in [0, 0.05) is 5.54 Å². The van der Waals surface area contributed by atoms with Crippen LogP contribution in [-0.2, 0) is 4.79 Å². The van der Waals surface area contributed by atoms with E-state index in [1.54, 1.807) is 6.92 Å². The second kappa shape index (κ2) is 5.66. The van der Waals surface area contributed by atoms with E-state index in [4.69, 9.17) is 16.7 Å². The maximum atomic E-state index is 12.7. The zero-order valence-corrected chi connectivity index (χ0v) is 9.54. The molecule has 4 heteroatoms. The largest absolute Gasteiger partial charge is 0.481 e. The minimum atomic E-state index is -0.940. The summed E-state index contributed by atoms with van der Waals surface area (Å²) >= 11 is 5.50. The molecule has 0 aliphatic rings. The van der Waals surface area contributed by atoms with Gasteiger partial charge in [-0.05, 0) is 31.0 Å². The first-order valence-electron chi connectivity index (χ1n) is 4.78. The Kier molecular flexibility index (Phi) is 4.50. The molecule has 1 atom stereocenters. The third-order valence-corrected chi connectivity index (χ3v) is 2.66. The second-order valence-corrected chi connectivity index (χ2v) is 3.82. The lowest BCUT2D eigenvalue weighted by Crippen LogP contribution is -2.12. The molecule has 16 heavy (non-hydrogen) atoms. The van der Waals surface area contributed by atoms with Crippen molar-refractivity contribution in [3.8, 4) is 0 Å². The highest BCUT2D eigenvalue weighted by atomic mass is 35.5. The maximum absolute atomic E-state index is 12.7. The Bertz CT molecular complexity index is 398. The van der Waals surface area contributed by atoms with E-state index in [1.165, 1.54) is 29.8 Å². The molecule has 0 heterocycles. The number of hydrogen-bond donors (Lipinski definition) is 1. The maximum Gasteiger partial charge on any atom is 0.311 e. The molecule has 0 saturated heterocycles. The van der Waals surface area contributed by atoms with Crippen LogP contribution in [0.25, 0.3) is 0 Å². The SMILES string of the molecule is C/C(=C/Cl)CC(C(=O)O)c1ccc(F)cc1. The van der Waals surface area contributed by atoms with E-state index in [2.05, 4.69) is 0 Å². The number of rotatable bonds is 4. The predicted octanol–water partition coefficient (Wildman–Crippen LogP) is 3.53. The molecule has 0 aromatic heterocycles. The van der Waals surface area contributed by atoms with Crippen molar-refractivity contribution in [1.82, 2.24) is 0 Å². The molecule has 86 valence electrons. The smallest absolute Gasteiger partial charge is 0.311 e. The number of hydrogen-bond acceptors (Lipinski definition) is 1. The lowest BCUT2D eigenvalue weighted by atomic mass is 9.93. The van der Waals surface area contributed by atoms with Gasteiger partial charge in [-0.3, -0.25) is 4.79 Å². The highest BCUT2D eigenvalue weighted by Crippen LogP contribution is 2.24. The van der Waals surface area contributed by atoms with Gasteiger partial charge in [0.05, 0.1) is 5.92 Å². The van der Waals surface area contributed by atoms with Gasteiger partial charge in [-0.25, -0.2) is 4.39 Å². The summed E-state index contributed by atoms with van der Waals surface area (Å²) in [7, 11) is 0. The standard InChI is InChI=1S/C12H12ClFO2/c1-8(7-13)6-11(12(15)16)9-2-4-10(14)5-3-9/h2-5,7,11H,6H2,1H3,(H,15,16)/b8-7-. The Morgan fingerprint density at radius 1 is 1.50 bits per heavy atom. The Hall–Kier alpha value is -1.35. The third kappa shape index (κ3) is 3.35. The number of carbonyl (C=O) groups is 1. The van der Waals surface area contributed by atoms with Gasteiger partial charge >= 0.3 is 5.97 Å². The summed E-state index contributed by atoms with van der Waals surface area (Å²) in [6.45, 7) is 1.76. The minimum absolute atomic E-state index is 0.324. The molecule has 0 saturated carbocycles. The average molecular weight is 243 g/mol. The van der Waals surface area contributed by atoms with Crippen LogP contribution < -0.4 is 0 Å². The summed E-state index contributed by atoms with van der Waals surface area (Å²) in [5.41, 5.74) is 2.71. The Morgan fingerprint density at radius 3 is 2.50 bits per heavy atom. The van der Waals surface area contributed by atoms with Gasteiger partial charge in [-0.2, -0.15) is 0 Å². The van der Waals surface area contributed by atoms with Crippen molar-refractivity contribution in [1.29, 1.82) is 0 Å². The summed E-state index contributed by atoms with van der Waals surface area (Å²) in [6, 6.07) is 5.47. The molecule has 1 aromatic rings. The van der Waals surface area contributed by atoms with Gasteiger partial charge in [-0.15, -0.1) is 0 Å². The van der Waals surface area contributed by atoms with Crippen LogP contribution in [0.4, 0.5) is 4.39 Å². The van der Waals surface area contributed by atoms with Crippen molar-refractivity contribution in [2.24, 2.45) is 0 Å². The van der Waals surface area contributed by atoms with Crippen molar-refractivity contribution >= 4 is 17.6 Å². The number of halogens is 2. The molecule has 0 fully saturated rings. The van der Waals surface area contributed by atoms with Gasteiger partial charge in [0.2, 0.25) is 0 Å². The Labute approximate surface area is 98.4 Å². The van der Waals surface area contributed by atoms with Gasteiger partial charge in [0.1, 0.15) is 5.82 Å². The normalized spacial score (nSPS) is 13.6. The molecule has 2 nitrogen and oxygen atoms in total. The van der Waals surface area contributed by atoms with E-state index in [0.29, 0.717) is 12.0 Å². The summed E-state index contributed by atoms with van der Waals surface area (Å²) in [6.07, 6.45) is 0.324. The van der Waals surface area contributed by atoms with Crippen LogP contribution in [-0.4, -0.2) is 11.1 Å². The fourth-order valence-electron chi connectivity index (χ4n) is 1.41. The molecule has 0 radical (unpaired) electrons. The first-order valence-corrected chi connectivity index (χ1v) is 5.22. The number of aliphatic carboxylic acids is 1. The summed E-state index contributed by atoms with van der Waals surface area (Å²) in [5, 5.41) is 9.08. The van der Waals surface area contributed by atoms with Crippen LogP contribution in [0.15, 0.2) is 35.4 Å². The number of allylic oxidation sites excluding steroid dienone is 1. The molecule has 1 unspecified atom stereocenters. The lowest BCUT2D eigenvalue weighted by Gasteiger charge is -2.12. The molecule has 0 spiro atoms. The number of benzene rings is 1. The molecule has 1 aromatic carbocycles. The highest BCUT2D eigenvalue weighted by molar-refractivity contribution is 6.25. The Morgan fingerprint density at radius 2 is 2.06 bits per heavy atom. The molecule has 0 aliphatic carbocycles. The van der Waals surface area contributed by atoms with Crippen LogP contribution in [0.2, 0.25) is 0 Å². The van der Waals surface area contributed by atoms with E-state index in [1.807, 2.05) is 0 Å². The van der Waals surface area contributed by atoms with Gasteiger partial charge in [0.25, 0.3) is 0 Å². The molecule has 0 amide bonds. The van der Waals surface area contributed by atoms with Crippen LogP contribution >= 0.6 is 11.6 Å². The average Bonchev–Trinajstić information content (AvgIpc) is 2.26. The molecule has 1 rings (SSSR count). The third-order valence-electron chi connectivity index (χ3n) is 2.28. The zero-order chi connectivity index (χ0) is 12.1. The second-order valence-electron chi connectivity index (χ2n) is 3.60. The molecule has 0 bridgehead atoms. The van der Waals surface area contributed by atoms with Crippen molar-refractivity contribution in [2.75, 3.05) is 0 Å². The fraction of sp³-hybridized carbons (Fsp3) is 0.250. The topological polar surface area (TPSA) is 37.3 Å². The van der Waals surface area contributed by atoms with Gasteiger partial charge in [0.15, 0.2) is 0 Å². The van der Waals surface area contributed by atoms with E-state index in [-0.39, 0.29) is 5.82 Å². The molecule has 0 aliphatic heterocycles. The van der Waals surface area contributed by atoms with Crippen LogP contribution in [0, 0.1) is 5.82 Å². The first kappa shape index (κ1) is 12.7. The first-order chi connectivity index (χ1) is 7.54. The van der Waals surface area contributed by atoms with Gasteiger partial charge in [-0.1, -0.05) is 29.3 Å². The van der Waals surface area contributed by atoms with Crippen molar-refractivity contribution in [2.45, 2.75) is 19.3 Å². The quantitative estimate of drug-likeness (QED) is 0.877. The Balaban J connectivity index is 2.94. The lowest BCUT2D eigenvalue weighted by molar-refractivity contribution is -0.138.